The minimum atomic E-state index is -0.503. The Balaban J connectivity index is 2.46. The zero-order chi connectivity index (χ0) is 16.3. The molecule has 6 nitrogen and oxygen atoms in total. The Morgan fingerprint density at radius 1 is 1.09 bits per heavy atom. The summed E-state index contributed by atoms with van der Waals surface area (Å²) in [6.07, 6.45) is 1.86. The third kappa shape index (κ3) is 3.40. The van der Waals surface area contributed by atoms with Crippen LogP contribution in [0.5, 0.6) is 0 Å². The summed E-state index contributed by atoms with van der Waals surface area (Å²) in [5, 5.41) is 2.72. The van der Waals surface area contributed by atoms with Crippen LogP contribution < -0.4 is 0 Å². The topological polar surface area (TPSA) is 78.4 Å². The van der Waals surface area contributed by atoms with E-state index in [1.165, 1.54) is 36.9 Å². The van der Waals surface area contributed by atoms with Gasteiger partial charge in [-0.3, -0.25) is 0 Å². The standard InChI is InChI=1S/C14H14N2O4S2/c1-7(2)5-9-10(14(18)20-4)16-12(22-9)11-15-8(6-21-11)13(17)19-3/h5-6H,1-4H3. The van der Waals surface area contributed by atoms with Gasteiger partial charge in [0.2, 0.25) is 0 Å². The number of ether oxygens (including phenoxy) is 2. The van der Waals surface area contributed by atoms with E-state index in [9.17, 15) is 9.59 Å². The second kappa shape index (κ2) is 6.80. The zero-order valence-corrected chi connectivity index (χ0v) is 14.1. The molecular formula is C14H14N2O4S2. The Morgan fingerprint density at radius 3 is 2.36 bits per heavy atom. The first-order valence-corrected chi connectivity index (χ1v) is 7.94. The Labute approximate surface area is 135 Å². The highest BCUT2D eigenvalue weighted by atomic mass is 32.1. The van der Waals surface area contributed by atoms with Crippen molar-refractivity contribution >= 4 is 40.7 Å². The van der Waals surface area contributed by atoms with Crippen molar-refractivity contribution in [1.82, 2.24) is 9.97 Å². The minimum absolute atomic E-state index is 0.223. The smallest absolute Gasteiger partial charge is 0.358 e. The molecule has 0 aromatic carbocycles. The van der Waals surface area contributed by atoms with E-state index in [0.717, 1.165) is 5.57 Å². The number of thiazole rings is 2. The number of aromatic nitrogens is 2. The normalized spacial score (nSPS) is 10.2. The van der Waals surface area contributed by atoms with E-state index in [-0.39, 0.29) is 11.4 Å². The predicted molar refractivity (Wildman–Crippen MR) is 85.2 cm³/mol. The maximum Gasteiger partial charge on any atom is 0.358 e. The van der Waals surface area contributed by atoms with Crippen LogP contribution in [-0.2, 0) is 9.47 Å². The number of carbonyl (C=O) groups is 2. The number of methoxy groups -OCH3 is 2. The van der Waals surface area contributed by atoms with Gasteiger partial charge in [0, 0.05) is 5.38 Å². The van der Waals surface area contributed by atoms with Crippen LogP contribution in [0.15, 0.2) is 11.0 Å². The molecule has 0 radical (unpaired) electrons. The van der Waals surface area contributed by atoms with Crippen LogP contribution in [0, 0.1) is 0 Å². The average molecular weight is 338 g/mol. The lowest BCUT2D eigenvalue weighted by atomic mass is 10.2. The van der Waals surface area contributed by atoms with Gasteiger partial charge in [-0.05, 0) is 19.9 Å². The predicted octanol–water partition coefficient (Wildman–Crippen LogP) is 3.26. The van der Waals surface area contributed by atoms with Gasteiger partial charge in [-0.2, -0.15) is 0 Å². The number of esters is 2. The van der Waals surface area contributed by atoms with Crippen molar-refractivity contribution < 1.29 is 19.1 Å². The molecule has 116 valence electrons. The fraction of sp³-hybridized carbons (Fsp3) is 0.286. The Morgan fingerprint density at radius 2 is 1.77 bits per heavy atom. The molecule has 0 saturated carbocycles. The maximum atomic E-state index is 11.8. The number of hydrogen-bond acceptors (Lipinski definition) is 8. The number of allylic oxidation sites excluding steroid dienone is 1. The van der Waals surface area contributed by atoms with E-state index >= 15 is 0 Å². The van der Waals surface area contributed by atoms with Crippen molar-refractivity contribution in [3.63, 3.8) is 0 Å². The van der Waals surface area contributed by atoms with Gasteiger partial charge in [0.15, 0.2) is 21.4 Å². The Kier molecular flexibility index (Phi) is 5.04. The van der Waals surface area contributed by atoms with Gasteiger partial charge in [-0.1, -0.05) is 5.57 Å². The van der Waals surface area contributed by atoms with Gasteiger partial charge in [0.25, 0.3) is 0 Å². The van der Waals surface area contributed by atoms with Crippen LogP contribution in [0.4, 0.5) is 0 Å². The van der Waals surface area contributed by atoms with Crippen LogP contribution in [0.3, 0.4) is 0 Å². The molecule has 0 bridgehead atoms. The number of rotatable bonds is 4. The van der Waals surface area contributed by atoms with Gasteiger partial charge in [-0.15, -0.1) is 22.7 Å². The van der Waals surface area contributed by atoms with E-state index in [2.05, 4.69) is 14.7 Å². The summed E-state index contributed by atoms with van der Waals surface area (Å²) in [6, 6.07) is 0. The van der Waals surface area contributed by atoms with E-state index in [4.69, 9.17) is 4.74 Å². The summed E-state index contributed by atoms with van der Waals surface area (Å²) in [6.45, 7) is 3.86. The lowest BCUT2D eigenvalue weighted by Crippen LogP contribution is -2.03. The molecule has 0 aliphatic carbocycles. The summed E-state index contributed by atoms with van der Waals surface area (Å²) in [5.41, 5.74) is 1.51. The number of carbonyl (C=O) groups excluding carboxylic acids is 2. The van der Waals surface area contributed by atoms with Crippen LogP contribution >= 0.6 is 22.7 Å². The molecule has 0 aliphatic rings. The molecule has 0 spiro atoms. The van der Waals surface area contributed by atoms with Crippen molar-refractivity contribution in [2.75, 3.05) is 14.2 Å². The summed E-state index contributed by atoms with van der Waals surface area (Å²) < 4.78 is 9.38. The Bertz CT molecular complexity index is 742. The summed E-state index contributed by atoms with van der Waals surface area (Å²) in [7, 11) is 2.61. The monoisotopic (exact) mass is 338 g/mol. The summed E-state index contributed by atoms with van der Waals surface area (Å²) >= 11 is 2.59. The maximum absolute atomic E-state index is 11.8. The first-order valence-electron chi connectivity index (χ1n) is 6.24. The van der Waals surface area contributed by atoms with Crippen molar-refractivity contribution in [1.29, 1.82) is 0 Å². The second-order valence-electron chi connectivity index (χ2n) is 4.47. The summed E-state index contributed by atoms with van der Waals surface area (Å²) in [4.78, 5) is 32.5. The second-order valence-corrected chi connectivity index (χ2v) is 6.36. The van der Waals surface area contributed by atoms with Crippen molar-refractivity contribution in [2.45, 2.75) is 13.8 Å². The van der Waals surface area contributed by atoms with Crippen LogP contribution in [0.25, 0.3) is 16.1 Å². The molecule has 0 saturated heterocycles. The molecular weight excluding hydrogens is 324 g/mol. The zero-order valence-electron chi connectivity index (χ0n) is 12.5. The molecule has 2 heterocycles. The fourth-order valence-corrected chi connectivity index (χ4v) is 3.53. The highest BCUT2D eigenvalue weighted by Gasteiger charge is 2.21. The third-order valence-corrected chi connectivity index (χ3v) is 4.52. The molecule has 2 rings (SSSR count). The first kappa shape index (κ1) is 16.3. The lowest BCUT2D eigenvalue weighted by Gasteiger charge is -1.95. The van der Waals surface area contributed by atoms with Gasteiger partial charge >= 0.3 is 11.9 Å². The van der Waals surface area contributed by atoms with Gasteiger partial charge in [0.1, 0.15) is 0 Å². The van der Waals surface area contributed by atoms with Gasteiger partial charge < -0.3 is 9.47 Å². The first-order chi connectivity index (χ1) is 10.5. The lowest BCUT2D eigenvalue weighted by molar-refractivity contribution is 0.0586. The minimum Gasteiger partial charge on any atom is -0.464 e. The summed E-state index contributed by atoms with van der Waals surface area (Å²) in [5.74, 6) is -1.00. The van der Waals surface area contributed by atoms with E-state index < -0.39 is 11.9 Å². The van der Waals surface area contributed by atoms with Crippen LogP contribution in [0.2, 0.25) is 0 Å². The van der Waals surface area contributed by atoms with Crippen molar-refractivity contribution in [3.8, 4) is 10.0 Å². The van der Waals surface area contributed by atoms with E-state index in [1.807, 2.05) is 19.9 Å². The molecule has 0 N–H and O–H groups in total. The highest BCUT2D eigenvalue weighted by molar-refractivity contribution is 7.21. The molecule has 22 heavy (non-hydrogen) atoms. The number of hydrogen-bond donors (Lipinski definition) is 0. The molecule has 2 aromatic rings. The molecule has 2 aromatic heterocycles. The van der Waals surface area contributed by atoms with Gasteiger partial charge in [-0.25, -0.2) is 19.6 Å². The van der Waals surface area contributed by atoms with Crippen molar-refractivity contribution in [2.24, 2.45) is 0 Å². The van der Waals surface area contributed by atoms with E-state index in [0.29, 0.717) is 14.9 Å². The van der Waals surface area contributed by atoms with Crippen molar-refractivity contribution in [3.05, 3.63) is 27.2 Å². The van der Waals surface area contributed by atoms with Crippen LogP contribution in [-0.4, -0.2) is 36.1 Å². The highest BCUT2D eigenvalue weighted by Crippen LogP contribution is 2.32. The SMILES string of the molecule is COC(=O)c1csc(-c2nc(C(=O)OC)c(C=C(C)C)s2)n1. The van der Waals surface area contributed by atoms with E-state index in [1.54, 1.807) is 5.38 Å². The van der Waals surface area contributed by atoms with Crippen LogP contribution in [0.1, 0.15) is 39.7 Å². The number of nitrogens with zero attached hydrogens (tertiary/aromatic N) is 2. The molecule has 8 heteroatoms. The molecule has 0 atom stereocenters. The molecule has 0 fully saturated rings. The fourth-order valence-electron chi connectivity index (χ4n) is 1.60. The molecule has 0 amide bonds. The van der Waals surface area contributed by atoms with Gasteiger partial charge in [0.05, 0.1) is 19.1 Å². The average Bonchev–Trinajstić information content (AvgIpc) is 3.11. The third-order valence-electron chi connectivity index (χ3n) is 2.53. The molecule has 0 aliphatic heterocycles. The quantitative estimate of drug-likeness (QED) is 0.796. The molecule has 0 unspecified atom stereocenters. The Hall–Kier alpha value is -2.06. The largest absolute Gasteiger partial charge is 0.464 e.